The van der Waals surface area contributed by atoms with Crippen LogP contribution >= 0.6 is 11.6 Å². The summed E-state index contributed by atoms with van der Waals surface area (Å²) in [5.74, 6) is -0.448. The lowest BCUT2D eigenvalue weighted by Crippen LogP contribution is -2.39. The van der Waals surface area contributed by atoms with Crippen LogP contribution in [0.4, 0.5) is 13.2 Å². The van der Waals surface area contributed by atoms with Crippen molar-refractivity contribution in [1.82, 2.24) is 10.2 Å². The number of hydrogen-bond donors (Lipinski definition) is 1. The van der Waals surface area contributed by atoms with E-state index >= 15 is 0 Å². The van der Waals surface area contributed by atoms with Crippen LogP contribution in [0.1, 0.15) is 12.5 Å². The van der Waals surface area contributed by atoms with Gasteiger partial charge >= 0.3 is 0 Å². The predicted molar refractivity (Wildman–Crippen MR) is 71.2 cm³/mol. The van der Waals surface area contributed by atoms with Crippen LogP contribution in [0.25, 0.3) is 0 Å². The summed E-state index contributed by atoms with van der Waals surface area (Å²) in [6, 6.07) is 4.70. The standard InChI is InChI=1S/C13H18ClF3N2/c1-9(6-18-7-12(16)17)19(2)8-10-4-3-5-11(15)13(10)14/h3-5,9,12,18H,6-8H2,1-2H3. The lowest BCUT2D eigenvalue weighted by Gasteiger charge is -2.25. The molecule has 1 atom stereocenters. The molecule has 19 heavy (non-hydrogen) atoms. The first-order valence-corrected chi connectivity index (χ1v) is 6.41. The van der Waals surface area contributed by atoms with E-state index in [2.05, 4.69) is 5.32 Å². The van der Waals surface area contributed by atoms with Crippen molar-refractivity contribution in [2.45, 2.75) is 25.9 Å². The Hall–Kier alpha value is -0.780. The number of nitrogens with one attached hydrogen (secondary N) is 1. The zero-order valence-corrected chi connectivity index (χ0v) is 11.7. The molecule has 0 aromatic heterocycles. The van der Waals surface area contributed by atoms with Gasteiger partial charge in [-0.3, -0.25) is 4.90 Å². The van der Waals surface area contributed by atoms with E-state index in [0.717, 1.165) is 0 Å². The number of nitrogens with zero attached hydrogens (tertiary/aromatic N) is 1. The first-order valence-electron chi connectivity index (χ1n) is 6.03. The quantitative estimate of drug-likeness (QED) is 0.831. The van der Waals surface area contributed by atoms with Gasteiger partial charge in [-0.1, -0.05) is 23.7 Å². The number of hydrogen-bond acceptors (Lipinski definition) is 2. The molecule has 0 radical (unpaired) electrons. The average molecular weight is 295 g/mol. The van der Waals surface area contributed by atoms with Crippen LogP contribution in [0, 0.1) is 5.82 Å². The third-order valence-electron chi connectivity index (χ3n) is 2.94. The second-order valence-electron chi connectivity index (χ2n) is 4.53. The summed E-state index contributed by atoms with van der Waals surface area (Å²) in [5, 5.41) is 2.79. The summed E-state index contributed by atoms with van der Waals surface area (Å²) >= 11 is 5.87. The van der Waals surface area contributed by atoms with E-state index in [1.165, 1.54) is 6.07 Å². The Labute approximate surface area is 116 Å². The summed E-state index contributed by atoms with van der Waals surface area (Å²) in [6.07, 6.45) is -2.35. The molecule has 108 valence electrons. The van der Waals surface area contributed by atoms with Gasteiger partial charge < -0.3 is 5.32 Å². The molecule has 0 bridgehead atoms. The maximum absolute atomic E-state index is 13.3. The molecule has 6 heteroatoms. The molecule has 0 saturated heterocycles. The number of benzene rings is 1. The zero-order valence-electron chi connectivity index (χ0n) is 11.0. The molecule has 1 unspecified atom stereocenters. The summed E-state index contributed by atoms with van der Waals surface area (Å²) in [7, 11) is 1.84. The smallest absolute Gasteiger partial charge is 0.250 e. The molecule has 1 aromatic rings. The van der Waals surface area contributed by atoms with Crippen LogP contribution < -0.4 is 5.32 Å². The SMILES string of the molecule is CC(CNCC(F)F)N(C)Cc1cccc(F)c1Cl. The summed E-state index contributed by atoms with van der Waals surface area (Å²) in [5.41, 5.74) is 0.685. The van der Waals surface area contributed by atoms with E-state index < -0.39 is 12.2 Å². The first kappa shape index (κ1) is 16.3. The minimum Gasteiger partial charge on any atom is -0.310 e. The molecule has 1 rings (SSSR count). The van der Waals surface area contributed by atoms with Crippen molar-refractivity contribution >= 4 is 11.6 Å². The molecule has 0 amide bonds. The molecule has 0 aliphatic heterocycles. The van der Waals surface area contributed by atoms with Gasteiger partial charge in [0, 0.05) is 19.1 Å². The number of rotatable bonds is 7. The maximum atomic E-state index is 13.3. The molecule has 1 aromatic carbocycles. The van der Waals surface area contributed by atoms with Crippen molar-refractivity contribution in [3.05, 3.63) is 34.6 Å². The topological polar surface area (TPSA) is 15.3 Å². The highest BCUT2D eigenvalue weighted by molar-refractivity contribution is 6.31. The molecule has 1 N–H and O–H groups in total. The molecule has 0 aliphatic carbocycles. The Balaban J connectivity index is 2.49. The minimum atomic E-state index is -2.35. The van der Waals surface area contributed by atoms with Gasteiger partial charge in [-0.25, -0.2) is 13.2 Å². The third-order valence-corrected chi connectivity index (χ3v) is 3.37. The van der Waals surface area contributed by atoms with Gasteiger partial charge in [0.15, 0.2) is 0 Å². The molecule has 0 aliphatic rings. The zero-order chi connectivity index (χ0) is 14.4. The Bertz CT molecular complexity index is 401. The highest BCUT2D eigenvalue weighted by Crippen LogP contribution is 2.21. The van der Waals surface area contributed by atoms with Crippen molar-refractivity contribution in [3.63, 3.8) is 0 Å². The molecule has 0 saturated carbocycles. The second-order valence-corrected chi connectivity index (χ2v) is 4.90. The lowest BCUT2D eigenvalue weighted by atomic mass is 10.2. The normalized spacial score (nSPS) is 13.3. The fourth-order valence-corrected chi connectivity index (χ4v) is 1.84. The number of halogens is 4. The Morgan fingerprint density at radius 1 is 1.32 bits per heavy atom. The Morgan fingerprint density at radius 3 is 2.63 bits per heavy atom. The van der Waals surface area contributed by atoms with Gasteiger partial charge in [-0.15, -0.1) is 0 Å². The third kappa shape index (κ3) is 5.38. The average Bonchev–Trinajstić information content (AvgIpc) is 2.34. The maximum Gasteiger partial charge on any atom is 0.250 e. The monoisotopic (exact) mass is 294 g/mol. The van der Waals surface area contributed by atoms with E-state index in [4.69, 9.17) is 11.6 Å². The van der Waals surface area contributed by atoms with E-state index in [1.807, 2.05) is 18.9 Å². The van der Waals surface area contributed by atoms with E-state index in [0.29, 0.717) is 18.7 Å². The van der Waals surface area contributed by atoms with Crippen LogP contribution in [0.2, 0.25) is 5.02 Å². The molecule has 2 nitrogen and oxygen atoms in total. The van der Waals surface area contributed by atoms with Crippen LogP contribution in [0.5, 0.6) is 0 Å². The van der Waals surface area contributed by atoms with Gasteiger partial charge in [0.25, 0.3) is 6.43 Å². The van der Waals surface area contributed by atoms with Gasteiger partial charge in [0.2, 0.25) is 0 Å². The lowest BCUT2D eigenvalue weighted by molar-refractivity contribution is 0.140. The van der Waals surface area contributed by atoms with Crippen LogP contribution in [-0.4, -0.2) is 37.5 Å². The molecular weight excluding hydrogens is 277 g/mol. The molecule has 0 spiro atoms. The van der Waals surface area contributed by atoms with Crippen LogP contribution in [0.15, 0.2) is 18.2 Å². The van der Waals surface area contributed by atoms with Crippen LogP contribution in [-0.2, 0) is 6.54 Å². The fourth-order valence-electron chi connectivity index (χ4n) is 1.65. The van der Waals surface area contributed by atoms with Gasteiger partial charge in [0.05, 0.1) is 11.6 Å². The number of likely N-dealkylation sites (N-methyl/N-ethyl adjacent to an activating group) is 1. The summed E-state index contributed by atoms with van der Waals surface area (Å²) in [4.78, 5) is 1.93. The van der Waals surface area contributed by atoms with Crippen molar-refractivity contribution in [3.8, 4) is 0 Å². The predicted octanol–water partition coefficient (Wildman–Crippen LogP) is 3.15. The van der Waals surface area contributed by atoms with Gasteiger partial charge in [-0.05, 0) is 25.6 Å². The molecule has 0 heterocycles. The minimum absolute atomic E-state index is 0.0399. The number of alkyl halides is 2. The highest BCUT2D eigenvalue weighted by Gasteiger charge is 2.13. The van der Waals surface area contributed by atoms with Gasteiger partial charge in [-0.2, -0.15) is 0 Å². The van der Waals surface area contributed by atoms with Crippen molar-refractivity contribution < 1.29 is 13.2 Å². The Morgan fingerprint density at radius 2 is 2.00 bits per heavy atom. The van der Waals surface area contributed by atoms with Crippen molar-refractivity contribution in [2.24, 2.45) is 0 Å². The van der Waals surface area contributed by atoms with E-state index in [1.54, 1.807) is 12.1 Å². The largest absolute Gasteiger partial charge is 0.310 e. The Kier molecular flexibility index (Phi) is 6.62. The highest BCUT2D eigenvalue weighted by atomic mass is 35.5. The van der Waals surface area contributed by atoms with Crippen molar-refractivity contribution in [1.29, 1.82) is 0 Å². The second kappa shape index (κ2) is 7.72. The van der Waals surface area contributed by atoms with Gasteiger partial charge in [0.1, 0.15) is 5.82 Å². The van der Waals surface area contributed by atoms with Crippen LogP contribution in [0.3, 0.4) is 0 Å². The van der Waals surface area contributed by atoms with E-state index in [-0.39, 0.29) is 17.6 Å². The summed E-state index contributed by atoms with van der Waals surface area (Å²) in [6.45, 7) is 2.49. The van der Waals surface area contributed by atoms with Crippen molar-refractivity contribution in [2.75, 3.05) is 20.1 Å². The fraction of sp³-hybridized carbons (Fsp3) is 0.538. The van der Waals surface area contributed by atoms with E-state index in [9.17, 15) is 13.2 Å². The first-order chi connectivity index (χ1) is 8.91. The molecule has 0 fully saturated rings. The molecular formula is C13H18ClF3N2. The summed E-state index contributed by atoms with van der Waals surface area (Å²) < 4.78 is 37.3.